The number of carbonyl (C=O) groups excluding carboxylic acids is 1. The van der Waals surface area contributed by atoms with Gasteiger partial charge in [0.1, 0.15) is 24.1 Å². The van der Waals surface area contributed by atoms with Gasteiger partial charge in [0.25, 0.3) is 0 Å². The summed E-state index contributed by atoms with van der Waals surface area (Å²) in [4.78, 5) is 26.2. The lowest BCUT2D eigenvalue weighted by molar-refractivity contribution is -0.117. The van der Waals surface area contributed by atoms with Gasteiger partial charge in [-0.15, -0.1) is 0 Å². The molecular weight excluding hydrogens is 502 g/mol. The first-order chi connectivity index (χ1) is 18.6. The van der Waals surface area contributed by atoms with Gasteiger partial charge in [-0.05, 0) is 60.4 Å². The summed E-state index contributed by atoms with van der Waals surface area (Å²) in [5.41, 5.74) is 4.10. The number of carbonyl (C=O) groups is 1. The minimum Gasteiger partial charge on any atom is -0.484 e. The van der Waals surface area contributed by atoms with E-state index in [1.807, 2.05) is 30.5 Å². The number of hydrogen-bond acceptors (Lipinski definition) is 7. The molecule has 2 saturated carbocycles. The van der Waals surface area contributed by atoms with Crippen LogP contribution in [-0.2, 0) is 11.3 Å². The van der Waals surface area contributed by atoms with Gasteiger partial charge in [-0.1, -0.05) is 23.7 Å². The largest absolute Gasteiger partial charge is 0.484 e. The average Bonchev–Trinajstić information content (AvgIpc) is 3.81. The predicted octanol–water partition coefficient (Wildman–Crippen LogP) is 4.36. The van der Waals surface area contributed by atoms with E-state index in [0.717, 1.165) is 42.2 Å². The van der Waals surface area contributed by atoms with Crippen molar-refractivity contribution in [3.05, 3.63) is 77.0 Å². The van der Waals surface area contributed by atoms with Gasteiger partial charge in [-0.2, -0.15) is 0 Å². The minimum atomic E-state index is -0.0783. The van der Waals surface area contributed by atoms with Crippen LogP contribution in [0.4, 0.5) is 11.6 Å². The quantitative estimate of drug-likeness (QED) is 0.296. The molecule has 0 radical (unpaired) electrons. The Kier molecular flexibility index (Phi) is 5.89. The maximum Gasteiger partial charge on any atom is 0.229 e. The standard InChI is InChI=1S/C28H28ClN7O2/c29-19-3-1-2-17(6-19)22-8-23(22)28(37)35-26-9-25(32-15-33-26)31-10-20-14-36-13-18(16-4-5-16)7-24(27(36)34-20)38-21-11-30-12-21/h1-3,6-7,9,13-16,21-23,30H,4-5,8,10-12H2,(H2,31,32,33,35,37). The molecule has 2 atom stereocenters. The Morgan fingerprint density at radius 2 is 1.97 bits per heavy atom. The molecule has 0 spiro atoms. The van der Waals surface area contributed by atoms with Crippen LogP contribution in [0.1, 0.15) is 47.9 Å². The maximum atomic E-state index is 12.8. The fourth-order valence-corrected chi connectivity index (χ4v) is 5.19. The average molecular weight is 530 g/mol. The van der Waals surface area contributed by atoms with E-state index < -0.39 is 0 Å². The molecule has 7 rings (SSSR count). The number of rotatable bonds is 9. The highest BCUT2D eigenvalue weighted by Gasteiger charge is 2.44. The van der Waals surface area contributed by atoms with Crippen LogP contribution < -0.4 is 20.7 Å². The molecule has 2 aliphatic carbocycles. The Hall–Kier alpha value is -3.69. The third kappa shape index (κ3) is 4.91. The fourth-order valence-electron chi connectivity index (χ4n) is 4.99. The first-order valence-corrected chi connectivity index (χ1v) is 13.5. The SMILES string of the molecule is O=C(Nc1cc(NCc2cn3cc(C4CC4)cc(OC4CNC4)c3n2)ncn1)C1CC1c1cccc(Cl)c1. The molecule has 4 heterocycles. The first kappa shape index (κ1) is 23.4. The fraction of sp³-hybridized carbons (Fsp3) is 0.357. The van der Waals surface area contributed by atoms with Gasteiger partial charge in [-0.3, -0.25) is 4.79 Å². The Morgan fingerprint density at radius 1 is 1.11 bits per heavy atom. The number of imidazole rings is 1. The van der Waals surface area contributed by atoms with E-state index in [-0.39, 0.29) is 23.8 Å². The van der Waals surface area contributed by atoms with Crippen LogP contribution >= 0.6 is 11.6 Å². The molecule has 1 aliphatic heterocycles. The van der Waals surface area contributed by atoms with Crippen LogP contribution in [0, 0.1) is 5.92 Å². The first-order valence-electron chi connectivity index (χ1n) is 13.1. The molecule has 9 nitrogen and oxygen atoms in total. The number of amides is 1. The van der Waals surface area contributed by atoms with E-state index in [9.17, 15) is 4.79 Å². The van der Waals surface area contributed by atoms with Gasteiger partial charge < -0.3 is 25.1 Å². The van der Waals surface area contributed by atoms with Crippen LogP contribution in [0.5, 0.6) is 5.75 Å². The van der Waals surface area contributed by atoms with Crippen LogP contribution in [0.3, 0.4) is 0 Å². The number of nitrogens with one attached hydrogen (secondary N) is 3. The molecular formula is C28H28ClN7O2. The van der Waals surface area contributed by atoms with Crippen molar-refractivity contribution in [2.45, 2.75) is 43.7 Å². The third-order valence-electron chi connectivity index (χ3n) is 7.45. The molecule has 2 unspecified atom stereocenters. The van der Waals surface area contributed by atoms with Crippen LogP contribution in [0.25, 0.3) is 5.65 Å². The molecule has 1 aromatic carbocycles. The molecule has 3 N–H and O–H groups in total. The van der Waals surface area contributed by atoms with Crippen molar-refractivity contribution < 1.29 is 9.53 Å². The van der Waals surface area contributed by atoms with Gasteiger partial charge in [0.05, 0.1) is 12.2 Å². The molecule has 1 saturated heterocycles. The summed E-state index contributed by atoms with van der Waals surface area (Å²) in [6, 6.07) is 11.6. The van der Waals surface area contributed by atoms with Gasteiger partial charge in [0.2, 0.25) is 5.91 Å². The smallest absolute Gasteiger partial charge is 0.229 e. The van der Waals surface area contributed by atoms with Gasteiger partial charge >= 0.3 is 0 Å². The van der Waals surface area contributed by atoms with Crippen molar-refractivity contribution in [1.82, 2.24) is 24.7 Å². The van der Waals surface area contributed by atoms with Gasteiger partial charge in [0, 0.05) is 42.5 Å². The lowest BCUT2D eigenvalue weighted by Crippen LogP contribution is -2.50. The van der Waals surface area contributed by atoms with Gasteiger partial charge in [0.15, 0.2) is 11.4 Å². The topological polar surface area (TPSA) is 105 Å². The minimum absolute atomic E-state index is 0.0411. The molecule has 0 bridgehead atoms. The van der Waals surface area contributed by atoms with Gasteiger partial charge in [-0.25, -0.2) is 15.0 Å². The molecule has 3 aromatic heterocycles. The van der Waals surface area contributed by atoms with Crippen LogP contribution in [0.15, 0.2) is 55.1 Å². The zero-order valence-corrected chi connectivity index (χ0v) is 21.5. The summed E-state index contributed by atoms with van der Waals surface area (Å²) in [6.45, 7) is 2.21. The van der Waals surface area contributed by atoms with Crippen LogP contribution in [0.2, 0.25) is 5.02 Å². The number of fused-ring (bicyclic) bond motifs is 1. The second-order valence-corrected chi connectivity index (χ2v) is 10.8. The number of halogens is 1. The normalized spacial score (nSPS) is 20.7. The third-order valence-corrected chi connectivity index (χ3v) is 7.68. The number of nitrogens with zero attached hydrogens (tertiary/aromatic N) is 4. The lowest BCUT2D eigenvalue weighted by Gasteiger charge is -2.28. The summed E-state index contributed by atoms with van der Waals surface area (Å²) in [5.74, 6) is 2.62. The van der Waals surface area contributed by atoms with Crippen molar-refractivity contribution in [2.75, 3.05) is 23.7 Å². The number of aromatic nitrogens is 4. The Balaban J connectivity index is 1.01. The molecule has 38 heavy (non-hydrogen) atoms. The van der Waals surface area contributed by atoms with E-state index in [4.69, 9.17) is 21.3 Å². The Bertz CT molecular complexity index is 1510. The van der Waals surface area contributed by atoms with E-state index >= 15 is 0 Å². The van der Waals surface area contributed by atoms with Crippen LogP contribution in [-0.4, -0.2) is 44.5 Å². The summed E-state index contributed by atoms with van der Waals surface area (Å²) >= 11 is 6.11. The highest BCUT2D eigenvalue weighted by Crippen LogP contribution is 2.48. The summed E-state index contributed by atoms with van der Waals surface area (Å²) in [5, 5.41) is 10.2. The zero-order valence-electron chi connectivity index (χ0n) is 20.7. The summed E-state index contributed by atoms with van der Waals surface area (Å²) in [6.07, 6.45) is 9.11. The number of pyridine rings is 1. The maximum absolute atomic E-state index is 12.8. The molecule has 4 aromatic rings. The van der Waals surface area contributed by atoms with E-state index in [2.05, 4.69) is 42.6 Å². The highest BCUT2D eigenvalue weighted by atomic mass is 35.5. The second-order valence-electron chi connectivity index (χ2n) is 10.4. The van der Waals surface area contributed by atoms with E-state index in [1.54, 1.807) is 6.07 Å². The predicted molar refractivity (Wildman–Crippen MR) is 145 cm³/mol. The molecule has 194 valence electrons. The van der Waals surface area contributed by atoms with Crippen molar-refractivity contribution in [1.29, 1.82) is 0 Å². The highest BCUT2D eigenvalue weighted by molar-refractivity contribution is 6.30. The molecule has 3 aliphatic rings. The monoisotopic (exact) mass is 529 g/mol. The Morgan fingerprint density at radius 3 is 2.76 bits per heavy atom. The zero-order chi connectivity index (χ0) is 25.6. The number of hydrogen-bond donors (Lipinski definition) is 3. The van der Waals surface area contributed by atoms with E-state index in [1.165, 1.54) is 24.7 Å². The van der Waals surface area contributed by atoms with Crippen molar-refractivity contribution in [3.63, 3.8) is 0 Å². The van der Waals surface area contributed by atoms with Crippen molar-refractivity contribution in [2.24, 2.45) is 5.92 Å². The second kappa shape index (κ2) is 9.56. The number of anilines is 2. The van der Waals surface area contributed by atoms with E-state index in [0.29, 0.717) is 29.1 Å². The summed E-state index contributed by atoms with van der Waals surface area (Å²) in [7, 11) is 0. The number of ether oxygens (including phenoxy) is 1. The molecule has 1 amide bonds. The molecule has 10 heteroatoms. The summed E-state index contributed by atoms with van der Waals surface area (Å²) < 4.78 is 8.32. The Labute approximate surface area is 225 Å². The molecule has 3 fully saturated rings. The lowest BCUT2D eigenvalue weighted by atomic mass is 10.1. The number of benzene rings is 1. The van der Waals surface area contributed by atoms with Crippen molar-refractivity contribution in [3.8, 4) is 5.75 Å². The van der Waals surface area contributed by atoms with Crippen molar-refractivity contribution >= 4 is 34.8 Å².